The predicted molar refractivity (Wildman–Crippen MR) is 113 cm³/mol. The molecule has 3 aromatic rings. The smallest absolute Gasteiger partial charge is 0.0321 e. The van der Waals surface area contributed by atoms with Gasteiger partial charge in [0.05, 0.1) is 0 Å². The minimum absolute atomic E-state index is 0.828. The number of benzene rings is 3. The summed E-state index contributed by atoms with van der Waals surface area (Å²) in [5.74, 6) is 5.58. The lowest BCUT2D eigenvalue weighted by molar-refractivity contribution is 1.58. The van der Waals surface area contributed by atoms with E-state index < -0.39 is 0 Å². The van der Waals surface area contributed by atoms with Crippen LogP contribution in [0.3, 0.4) is 0 Å². The molecule has 0 N–H and O–H groups in total. The topological polar surface area (TPSA) is 0 Å². The molecule has 0 heterocycles. The zero-order valence-electron chi connectivity index (χ0n) is 14.4. The Morgan fingerprint density at radius 3 is 1.38 bits per heavy atom. The van der Waals surface area contributed by atoms with Crippen molar-refractivity contribution in [1.29, 1.82) is 0 Å². The van der Waals surface area contributed by atoms with E-state index >= 15 is 0 Å². The van der Waals surface area contributed by atoms with E-state index in [1.165, 1.54) is 0 Å². The fourth-order valence-corrected chi connectivity index (χ4v) is 2.70. The lowest BCUT2D eigenvalue weighted by Crippen LogP contribution is -1.87. The highest BCUT2D eigenvalue weighted by Crippen LogP contribution is 2.23. The fourth-order valence-electron chi connectivity index (χ4n) is 2.70. The normalized spacial score (nSPS) is 11.5. The van der Waals surface area contributed by atoms with Gasteiger partial charge in [-0.15, -0.1) is 12.8 Å². The second kappa shape index (κ2) is 8.39. The third kappa shape index (κ3) is 4.21. The van der Waals surface area contributed by atoms with Gasteiger partial charge in [0.25, 0.3) is 0 Å². The second-order valence-corrected chi connectivity index (χ2v) is 5.81. The molecular weight excluding hydrogens is 312 g/mol. The lowest BCUT2D eigenvalue weighted by Gasteiger charge is -2.06. The van der Waals surface area contributed by atoms with Gasteiger partial charge in [0, 0.05) is 11.1 Å². The standard InChI is InChI=1S/C26H18/c1-3-23(18-21-12-7-5-8-13-21)25-16-11-17-26(20-25)24(4-2)19-22-14-9-6-10-15-22/h1-2,5-20H. The summed E-state index contributed by atoms with van der Waals surface area (Å²) in [5, 5.41) is 0. The van der Waals surface area contributed by atoms with Crippen LogP contribution in [0.5, 0.6) is 0 Å². The summed E-state index contributed by atoms with van der Waals surface area (Å²) in [6.07, 6.45) is 15.5. The molecule has 0 unspecified atom stereocenters. The van der Waals surface area contributed by atoms with E-state index in [2.05, 4.69) is 11.8 Å². The van der Waals surface area contributed by atoms with E-state index in [0.717, 1.165) is 33.4 Å². The molecule has 0 radical (unpaired) electrons. The van der Waals surface area contributed by atoms with Crippen LogP contribution < -0.4 is 0 Å². The van der Waals surface area contributed by atoms with Gasteiger partial charge in [0.15, 0.2) is 0 Å². The van der Waals surface area contributed by atoms with Gasteiger partial charge in [-0.2, -0.15) is 0 Å². The van der Waals surface area contributed by atoms with E-state index in [4.69, 9.17) is 12.8 Å². The molecule has 26 heavy (non-hydrogen) atoms. The molecule has 0 aliphatic rings. The molecule has 0 spiro atoms. The Morgan fingerprint density at radius 2 is 1.00 bits per heavy atom. The van der Waals surface area contributed by atoms with Crippen molar-refractivity contribution in [2.75, 3.05) is 0 Å². The van der Waals surface area contributed by atoms with Crippen molar-refractivity contribution in [2.24, 2.45) is 0 Å². The number of hydrogen-bond donors (Lipinski definition) is 0. The van der Waals surface area contributed by atoms with Crippen molar-refractivity contribution >= 4 is 23.3 Å². The highest BCUT2D eigenvalue weighted by molar-refractivity contribution is 5.94. The van der Waals surface area contributed by atoms with Gasteiger partial charge in [0.1, 0.15) is 0 Å². The Bertz CT molecular complexity index is 938. The van der Waals surface area contributed by atoms with Gasteiger partial charge in [-0.25, -0.2) is 0 Å². The molecule has 0 fully saturated rings. The van der Waals surface area contributed by atoms with Gasteiger partial charge in [-0.1, -0.05) is 90.7 Å². The molecule has 0 aliphatic heterocycles. The lowest BCUT2D eigenvalue weighted by atomic mass is 9.97. The van der Waals surface area contributed by atoms with Gasteiger partial charge in [0.2, 0.25) is 0 Å². The Kier molecular flexibility index (Phi) is 5.51. The average molecular weight is 330 g/mol. The Labute approximate surface area is 155 Å². The van der Waals surface area contributed by atoms with Crippen LogP contribution in [0.2, 0.25) is 0 Å². The fraction of sp³-hybridized carbons (Fsp3) is 0. The molecule has 0 saturated heterocycles. The van der Waals surface area contributed by atoms with Crippen molar-refractivity contribution < 1.29 is 0 Å². The number of allylic oxidation sites excluding steroid dienone is 2. The van der Waals surface area contributed by atoms with E-state index in [-0.39, 0.29) is 0 Å². The summed E-state index contributed by atoms with van der Waals surface area (Å²) in [5.41, 5.74) is 5.75. The van der Waals surface area contributed by atoms with Crippen molar-refractivity contribution in [2.45, 2.75) is 0 Å². The molecule has 0 atom stereocenters. The molecule has 3 aromatic carbocycles. The van der Waals surface area contributed by atoms with Crippen LogP contribution >= 0.6 is 0 Å². The molecule has 0 nitrogen and oxygen atoms in total. The van der Waals surface area contributed by atoms with Gasteiger partial charge in [-0.05, 0) is 40.5 Å². The van der Waals surface area contributed by atoms with Crippen LogP contribution in [0, 0.1) is 24.7 Å². The van der Waals surface area contributed by atoms with Crippen LogP contribution in [0.15, 0.2) is 84.9 Å². The van der Waals surface area contributed by atoms with E-state index in [1.807, 2.05) is 97.1 Å². The summed E-state index contributed by atoms with van der Waals surface area (Å²) in [7, 11) is 0. The van der Waals surface area contributed by atoms with Crippen LogP contribution in [0.4, 0.5) is 0 Å². The molecule has 3 rings (SSSR count). The Hall–Kier alpha value is -3.74. The Balaban J connectivity index is 2.00. The van der Waals surface area contributed by atoms with Crippen molar-refractivity contribution in [1.82, 2.24) is 0 Å². The third-order valence-corrected chi connectivity index (χ3v) is 4.02. The van der Waals surface area contributed by atoms with Crippen molar-refractivity contribution in [3.05, 3.63) is 107 Å². The van der Waals surface area contributed by atoms with Crippen LogP contribution in [0.1, 0.15) is 22.3 Å². The first-order chi connectivity index (χ1) is 12.8. The number of rotatable bonds is 4. The van der Waals surface area contributed by atoms with Gasteiger partial charge < -0.3 is 0 Å². The third-order valence-electron chi connectivity index (χ3n) is 4.02. The summed E-state index contributed by atoms with van der Waals surface area (Å²) >= 11 is 0. The van der Waals surface area contributed by atoms with Crippen LogP contribution in [0.25, 0.3) is 23.3 Å². The maximum Gasteiger partial charge on any atom is 0.0321 e. The van der Waals surface area contributed by atoms with Crippen LogP contribution in [-0.2, 0) is 0 Å². The molecular formula is C26H18. The zero-order valence-corrected chi connectivity index (χ0v) is 14.4. The molecule has 122 valence electrons. The minimum atomic E-state index is 0.828. The van der Waals surface area contributed by atoms with Crippen LogP contribution in [-0.4, -0.2) is 0 Å². The largest absolute Gasteiger partial charge is 0.115 e. The summed E-state index contributed by atoms with van der Waals surface area (Å²) in [6, 6.07) is 28.1. The zero-order chi connectivity index (χ0) is 18.2. The molecule has 0 bridgehead atoms. The molecule has 0 aromatic heterocycles. The second-order valence-electron chi connectivity index (χ2n) is 5.81. The number of terminal acetylenes is 2. The highest BCUT2D eigenvalue weighted by Gasteiger charge is 2.04. The first kappa shape index (κ1) is 17.1. The van der Waals surface area contributed by atoms with Gasteiger partial charge in [-0.3, -0.25) is 0 Å². The minimum Gasteiger partial charge on any atom is -0.115 e. The van der Waals surface area contributed by atoms with Gasteiger partial charge >= 0.3 is 0 Å². The monoisotopic (exact) mass is 330 g/mol. The molecule has 0 amide bonds. The van der Waals surface area contributed by atoms with Crippen molar-refractivity contribution in [3.63, 3.8) is 0 Å². The predicted octanol–water partition coefficient (Wildman–Crippen LogP) is 6.03. The summed E-state index contributed by atoms with van der Waals surface area (Å²) < 4.78 is 0. The maximum atomic E-state index is 5.76. The number of hydrogen-bond acceptors (Lipinski definition) is 0. The average Bonchev–Trinajstić information content (AvgIpc) is 2.72. The highest BCUT2D eigenvalue weighted by atomic mass is 14.1. The van der Waals surface area contributed by atoms with E-state index in [9.17, 15) is 0 Å². The molecule has 0 heteroatoms. The first-order valence-corrected chi connectivity index (χ1v) is 8.37. The van der Waals surface area contributed by atoms with E-state index in [0.29, 0.717) is 0 Å². The maximum absolute atomic E-state index is 5.76. The molecule has 0 aliphatic carbocycles. The Morgan fingerprint density at radius 1 is 0.577 bits per heavy atom. The van der Waals surface area contributed by atoms with Crippen molar-refractivity contribution in [3.8, 4) is 24.7 Å². The summed E-state index contributed by atoms with van der Waals surface area (Å²) in [6.45, 7) is 0. The first-order valence-electron chi connectivity index (χ1n) is 8.37. The quantitative estimate of drug-likeness (QED) is 0.404. The molecule has 0 saturated carbocycles. The van der Waals surface area contributed by atoms with E-state index in [1.54, 1.807) is 0 Å². The summed E-state index contributed by atoms with van der Waals surface area (Å²) in [4.78, 5) is 0. The SMILES string of the molecule is C#CC(=Cc1ccccc1)c1cccc(C(C#C)=Cc2ccccc2)c1.